The molecule has 0 aliphatic heterocycles. The van der Waals surface area contributed by atoms with Crippen molar-refractivity contribution >= 4 is 66.6 Å². The first-order chi connectivity index (χ1) is 15.5. The number of aryl methyl sites for hydroxylation is 2. The lowest BCUT2D eigenvalue weighted by atomic mass is 9.98. The predicted molar refractivity (Wildman–Crippen MR) is 143 cm³/mol. The first-order valence-corrected chi connectivity index (χ1v) is 12.9. The summed E-state index contributed by atoms with van der Waals surface area (Å²) in [5.41, 5.74) is 5.88. The maximum atomic E-state index is 13.1. The van der Waals surface area contributed by atoms with Crippen LogP contribution in [0.2, 0.25) is 0 Å². The summed E-state index contributed by atoms with van der Waals surface area (Å²) < 4.78 is 9.25. The van der Waals surface area contributed by atoms with Crippen LogP contribution in [0.3, 0.4) is 0 Å². The molecule has 0 radical (unpaired) electrons. The van der Waals surface area contributed by atoms with Gasteiger partial charge in [0.05, 0.1) is 17.8 Å². The van der Waals surface area contributed by atoms with Crippen molar-refractivity contribution in [2.75, 3.05) is 6.61 Å². The number of nitrogens with zero attached hydrogens (tertiary/aromatic N) is 2. The van der Waals surface area contributed by atoms with Gasteiger partial charge in [0, 0.05) is 24.4 Å². The van der Waals surface area contributed by atoms with E-state index in [1.165, 1.54) is 0 Å². The third kappa shape index (κ3) is 4.19. The number of fused-ring (bicyclic) bond motifs is 3. The quantitative estimate of drug-likeness (QED) is 0.164. The molecule has 0 bridgehead atoms. The van der Waals surface area contributed by atoms with E-state index in [1.807, 2.05) is 25.1 Å². The number of rotatable bonds is 6. The second kappa shape index (κ2) is 9.91. The molecule has 0 unspecified atom stereocenters. The molecule has 0 N–H and O–H groups in total. The van der Waals surface area contributed by atoms with E-state index >= 15 is 0 Å². The third-order valence-corrected chi connectivity index (χ3v) is 7.53. The van der Waals surface area contributed by atoms with Crippen LogP contribution in [0.4, 0.5) is 4.79 Å². The number of hydrogen-bond donors (Lipinski definition) is 0. The normalized spacial score (nSPS) is 11.4. The van der Waals surface area contributed by atoms with Gasteiger partial charge in [0.25, 0.3) is 0 Å². The molecule has 166 valence electrons. The highest BCUT2D eigenvalue weighted by atomic mass is 127. The number of hydrogen-bond acceptors (Lipinski definition) is 3. The molecule has 2 aromatic carbocycles. The Kier molecular flexibility index (Phi) is 7.20. The monoisotopic (exact) mass is 604 g/mol. The van der Waals surface area contributed by atoms with Crippen LogP contribution in [0, 0.1) is 10.5 Å². The fourth-order valence-corrected chi connectivity index (χ4v) is 5.61. The van der Waals surface area contributed by atoms with Gasteiger partial charge < -0.3 is 4.74 Å². The summed E-state index contributed by atoms with van der Waals surface area (Å²) in [7, 11) is 0. The smallest absolute Gasteiger partial charge is 0.420 e. The number of unbranched alkanes of at least 4 members (excludes halogenated alkanes) is 2. The minimum atomic E-state index is -0.386. The highest BCUT2D eigenvalue weighted by Gasteiger charge is 2.25. The van der Waals surface area contributed by atoms with E-state index in [4.69, 9.17) is 9.72 Å². The lowest BCUT2D eigenvalue weighted by Crippen LogP contribution is -2.14. The lowest BCUT2D eigenvalue weighted by molar-refractivity contribution is 0.156. The molecule has 4 aromatic rings. The van der Waals surface area contributed by atoms with Gasteiger partial charge >= 0.3 is 6.09 Å². The number of ether oxygens (including phenoxy) is 1. The number of halogens is 2. The number of carbonyl (C=O) groups is 1. The maximum absolute atomic E-state index is 13.1. The summed E-state index contributed by atoms with van der Waals surface area (Å²) in [5, 5.41) is 2.01. The highest BCUT2D eigenvalue weighted by Crippen LogP contribution is 2.42. The van der Waals surface area contributed by atoms with Gasteiger partial charge in [-0.2, -0.15) is 0 Å². The molecule has 0 spiro atoms. The van der Waals surface area contributed by atoms with Crippen LogP contribution < -0.4 is 0 Å². The van der Waals surface area contributed by atoms with Crippen molar-refractivity contribution in [1.82, 2.24) is 9.55 Å². The Hall–Kier alpha value is -1.93. The summed E-state index contributed by atoms with van der Waals surface area (Å²) in [4.78, 5) is 18.2. The Morgan fingerprint density at radius 2 is 1.94 bits per heavy atom. The van der Waals surface area contributed by atoms with Crippen molar-refractivity contribution in [2.45, 2.75) is 46.5 Å². The van der Waals surface area contributed by atoms with Crippen LogP contribution in [-0.4, -0.2) is 22.3 Å². The van der Waals surface area contributed by atoms with E-state index in [9.17, 15) is 4.79 Å². The van der Waals surface area contributed by atoms with Gasteiger partial charge in [-0.3, -0.25) is 0 Å². The average molecular weight is 605 g/mol. The topological polar surface area (TPSA) is 44.1 Å². The predicted octanol–water partition coefficient (Wildman–Crippen LogP) is 8.27. The summed E-state index contributed by atoms with van der Waals surface area (Å²) in [6, 6.07) is 14.4. The standard InChI is InChI=1S/C26H26BrIN2O2/c1-4-6-7-12-20-24(28)22(17-10-8-9-11-19(17)27)23-18-15-16(3)13-14-21(18)30(25(23)29-20)26(31)32-5-2/h8-11,13-15H,4-7,12H2,1-3H3. The van der Waals surface area contributed by atoms with Crippen molar-refractivity contribution in [1.29, 1.82) is 0 Å². The van der Waals surface area contributed by atoms with Gasteiger partial charge in [-0.05, 0) is 73.0 Å². The highest BCUT2D eigenvalue weighted by molar-refractivity contribution is 14.1. The minimum absolute atomic E-state index is 0.316. The molecule has 0 amide bonds. The van der Waals surface area contributed by atoms with Gasteiger partial charge in [0.1, 0.15) is 0 Å². The van der Waals surface area contributed by atoms with Crippen LogP contribution in [0.1, 0.15) is 44.4 Å². The fourth-order valence-electron chi connectivity index (χ4n) is 4.17. The number of carbonyl (C=O) groups excluding carboxylic acids is 1. The Labute approximate surface area is 210 Å². The third-order valence-electron chi connectivity index (χ3n) is 5.67. The Bertz CT molecular complexity index is 1310. The Morgan fingerprint density at radius 1 is 1.16 bits per heavy atom. The molecule has 2 aromatic heterocycles. The maximum Gasteiger partial charge on any atom is 0.420 e. The number of pyridine rings is 1. The van der Waals surface area contributed by atoms with Gasteiger partial charge in [-0.25, -0.2) is 14.3 Å². The summed E-state index contributed by atoms with van der Waals surface area (Å²) in [6.45, 7) is 6.42. The van der Waals surface area contributed by atoms with Gasteiger partial charge in [-0.15, -0.1) is 0 Å². The van der Waals surface area contributed by atoms with Crippen LogP contribution in [0.25, 0.3) is 33.1 Å². The van der Waals surface area contributed by atoms with Crippen molar-refractivity contribution < 1.29 is 9.53 Å². The Morgan fingerprint density at radius 3 is 2.66 bits per heavy atom. The summed E-state index contributed by atoms with van der Waals surface area (Å²) >= 11 is 6.20. The average Bonchev–Trinajstić information content (AvgIpc) is 3.08. The zero-order chi connectivity index (χ0) is 22.8. The van der Waals surface area contributed by atoms with Crippen LogP contribution in [-0.2, 0) is 11.2 Å². The molecular weight excluding hydrogens is 579 g/mol. The molecular formula is C26H26BrIN2O2. The molecule has 0 saturated heterocycles. The molecule has 0 saturated carbocycles. The van der Waals surface area contributed by atoms with Crippen molar-refractivity contribution in [3.63, 3.8) is 0 Å². The molecule has 4 nitrogen and oxygen atoms in total. The minimum Gasteiger partial charge on any atom is -0.449 e. The fraction of sp³-hybridized carbons (Fsp3) is 0.308. The van der Waals surface area contributed by atoms with Crippen LogP contribution in [0.15, 0.2) is 46.9 Å². The number of aromatic nitrogens is 2. The van der Waals surface area contributed by atoms with Gasteiger partial charge in [-0.1, -0.05) is 65.5 Å². The van der Waals surface area contributed by atoms with E-state index < -0.39 is 0 Å². The van der Waals surface area contributed by atoms with E-state index in [-0.39, 0.29) is 6.09 Å². The SMILES string of the molecule is CCCCCc1nc2c(c(-c3ccccc3Br)c1I)c1cc(C)ccc1n2C(=O)OCC. The van der Waals surface area contributed by atoms with Crippen molar-refractivity contribution in [3.8, 4) is 11.1 Å². The Balaban J connectivity index is 2.16. The van der Waals surface area contributed by atoms with Gasteiger partial charge in [0.15, 0.2) is 5.65 Å². The lowest BCUT2D eigenvalue weighted by Gasteiger charge is -2.14. The molecule has 6 heteroatoms. The zero-order valence-electron chi connectivity index (χ0n) is 18.5. The molecule has 2 heterocycles. The zero-order valence-corrected chi connectivity index (χ0v) is 22.3. The first kappa shape index (κ1) is 23.2. The van der Waals surface area contributed by atoms with E-state index in [2.05, 4.69) is 76.6 Å². The van der Waals surface area contributed by atoms with Crippen molar-refractivity contribution in [2.24, 2.45) is 0 Å². The van der Waals surface area contributed by atoms with Crippen LogP contribution in [0.5, 0.6) is 0 Å². The molecule has 4 rings (SSSR count). The van der Waals surface area contributed by atoms with E-state index in [0.29, 0.717) is 12.3 Å². The molecule has 32 heavy (non-hydrogen) atoms. The second-order valence-electron chi connectivity index (χ2n) is 7.94. The number of benzene rings is 2. The molecule has 0 aliphatic rings. The molecule has 0 atom stereocenters. The largest absolute Gasteiger partial charge is 0.449 e. The summed E-state index contributed by atoms with van der Waals surface area (Å²) in [6.07, 6.45) is 3.86. The van der Waals surface area contributed by atoms with Crippen molar-refractivity contribution in [3.05, 3.63) is 61.8 Å². The van der Waals surface area contributed by atoms with Crippen LogP contribution >= 0.6 is 38.5 Å². The first-order valence-electron chi connectivity index (χ1n) is 11.0. The van der Waals surface area contributed by atoms with E-state index in [0.717, 1.165) is 72.4 Å². The molecule has 0 fully saturated rings. The summed E-state index contributed by atoms with van der Waals surface area (Å²) in [5.74, 6) is 0. The molecule has 0 aliphatic carbocycles. The second-order valence-corrected chi connectivity index (χ2v) is 9.87. The van der Waals surface area contributed by atoms with Gasteiger partial charge in [0.2, 0.25) is 0 Å². The van der Waals surface area contributed by atoms with E-state index in [1.54, 1.807) is 4.57 Å².